The molecule has 2 saturated heterocycles. The van der Waals surface area contributed by atoms with Crippen molar-refractivity contribution in [2.24, 2.45) is 0 Å². The van der Waals surface area contributed by atoms with Crippen LogP contribution < -0.4 is 25.4 Å². The van der Waals surface area contributed by atoms with E-state index in [1.54, 1.807) is 6.07 Å². The molecule has 2 amide bonds. The number of alkyl halides is 6. The van der Waals surface area contributed by atoms with Crippen molar-refractivity contribution in [3.05, 3.63) is 53.8 Å². The van der Waals surface area contributed by atoms with Gasteiger partial charge in [0.05, 0.1) is 11.7 Å². The maximum Gasteiger partial charge on any atom is 0.573 e. The van der Waals surface area contributed by atoms with E-state index in [4.69, 9.17) is 4.74 Å². The molecule has 2 fully saturated rings. The molecule has 0 aromatic heterocycles. The number of piperidine rings is 1. The Labute approximate surface area is 219 Å². The zero-order valence-electron chi connectivity index (χ0n) is 20.9. The highest BCUT2D eigenvalue weighted by Gasteiger charge is 2.64. The first-order valence-electron chi connectivity index (χ1n) is 12.1. The van der Waals surface area contributed by atoms with Crippen LogP contribution in [0.5, 0.6) is 11.5 Å². The van der Waals surface area contributed by atoms with Crippen molar-refractivity contribution < 1.29 is 45.0 Å². The predicted octanol–water partition coefficient (Wildman–Crippen LogP) is 5.48. The standard InChI is InChI=1S/C25H27F7N4O3/c1-14-7-9-19(35-22(37)34-18-10-8-15(13-17(18)26)39-25(30,31)32)21(33-14)38-20-6-4-3-5-16(20)23(24(27,28)29)11-12-36(23)2/h3-6,8,10,13-14,19,21,33H,7,9,11-12H2,1-2H3,(H2,34,35,37). The highest BCUT2D eigenvalue weighted by molar-refractivity contribution is 5.89. The number of benzene rings is 2. The Morgan fingerprint density at radius 3 is 2.41 bits per heavy atom. The molecule has 214 valence electrons. The molecule has 4 atom stereocenters. The monoisotopic (exact) mass is 564 g/mol. The van der Waals surface area contributed by atoms with E-state index in [-0.39, 0.29) is 30.3 Å². The van der Waals surface area contributed by atoms with Gasteiger partial charge in [0.15, 0.2) is 6.23 Å². The number of ether oxygens (including phenoxy) is 2. The third-order valence-corrected chi connectivity index (χ3v) is 6.98. The molecule has 2 aliphatic heterocycles. The summed E-state index contributed by atoms with van der Waals surface area (Å²) in [4.78, 5) is 13.9. The molecule has 4 unspecified atom stereocenters. The number of amides is 2. The topological polar surface area (TPSA) is 74.9 Å². The molecule has 0 aliphatic carbocycles. The fourth-order valence-corrected chi connectivity index (χ4v) is 4.90. The third-order valence-electron chi connectivity index (χ3n) is 6.98. The number of halogens is 7. The minimum absolute atomic E-state index is 0.00600. The normalized spacial score (nSPS) is 25.9. The molecule has 0 radical (unpaired) electrons. The SMILES string of the molecule is CC1CCC(NC(=O)Nc2ccc(OC(F)(F)F)cc2F)C(Oc2ccccc2C2(C(F)(F)F)CCN2C)N1. The Morgan fingerprint density at radius 2 is 1.82 bits per heavy atom. The zero-order chi connectivity index (χ0) is 28.6. The molecule has 14 heteroatoms. The second-order valence-corrected chi connectivity index (χ2v) is 9.60. The van der Waals surface area contributed by atoms with Crippen LogP contribution >= 0.6 is 0 Å². The van der Waals surface area contributed by atoms with Crippen LogP contribution in [-0.2, 0) is 5.54 Å². The van der Waals surface area contributed by atoms with Crippen molar-refractivity contribution in [3.63, 3.8) is 0 Å². The van der Waals surface area contributed by atoms with Crippen molar-refractivity contribution in [2.45, 2.75) is 62.6 Å². The van der Waals surface area contributed by atoms with E-state index in [0.29, 0.717) is 18.9 Å². The molecule has 0 saturated carbocycles. The molecule has 39 heavy (non-hydrogen) atoms. The van der Waals surface area contributed by atoms with Gasteiger partial charge in [0.25, 0.3) is 0 Å². The van der Waals surface area contributed by atoms with E-state index in [1.807, 2.05) is 6.92 Å². The molecular weight excluding hydrogens is 537 g/mol. The second kappa shape index (κ2) is 10.7. The highest BCUT2D eigenvalue weighted by atomic mass is 19.4. The first-order chi connectivity index (χ1) is 18.2. The molecule has 0 bridgehead atoms. The average Bonchev–Trinajstić information content (AvgIpc) is 2.81. The van der Waals surface area contributed by atoms with E-state index < -0.39 is 53.6 Å². The Bertz CT molecular complexity index is 1190. The first-order valence-corrected chi connectivity index (χ1v) is 12.1. The number of para-hydroxylation sites is 1. The summed E-state index contributed by atoms with van der Waals surface area (Å²) in [5.41, 5.74) is -2.65. The minimum atomic E-state index is -5.01. The van der Waals surface area contributed by atoms with Crippen molar-refractivity contribution in [3.8, 4) is 11.5 Å². The van der Waals surface area contributed by atoms with Crippen LogP contribution in [0.15, 0.2) is 42.5 Å². The van der Waals surface area contributed by atoms with Crippen molar-refractivity contribution in [1.82, 2.24) is 15.5 Å². The van der Waals surface area contributed by atoms with Crippen molar-refractivity contribution >= 4 is 11.7 Å². The molecule has 2 aliphatic rings. The summed E-state index contributed by atoms with van der Waals surface area (Å²) in [6.07, 6.45) is -9.65. The quantitative estimate of drug-likeness (QED) is 0.405. The van der Waals surface area contributed by atoms with Gasteiger partial charge in [-0.3, -0.25) is 10.2 Å². The van der Waals surface area contributed by atoms with Crippen LogP contribution in [0.4, 0.5) is 41.2 Å². The van der Waals surface area contributed by atoms with Gasteiger partial charge >= 0.3 is 18.6 Å². The van der Waals surface area contributed by atoms with E-state index in [2.05, 4.69) is 20.7 Å². The maximum absolute atomic E-state index is 14.3. The molecule has 2 aromatic rings. The smallest absolute Gasteiger partial charge is 0.473 e. The Morgan fingerprint density at radius 1 is 1.10 bits per heavy atom. The number of carbonyl (C=O) groups is 1. The number of anilines is 1. The summed E-state index contributed by atoms with van der Waals surface area (Å²) >= 11 is 0. The number of likely N-dealkylation sites (tertiary alicyclic amines) is 1. The molecular formula is C25H27F7N4O3. The van der Waals surface area contributed by atoms with E-state index in [1.165, 1.54) is 30.1 Å². The zero-order valence-corrected chi connectivity index (χ0v) is 20.9. The first kappa shape index (κ1) is 28.7. The third kappa shape index (κ3) is 6.16. The van der Waals surface area contributed by atoms with Gasteiger partial charge in [-0.1, -0.05) is 18.2 Å². The van der Waals surface area contributed by atoms with Crippen molar-refractivity contribution in [1.29, 1.82) is 0 Å². The molecule has 4 rings (SSSR count). The summed E-state index contributed by atoms with van der Waals surface area (Å²) in [6, 6.07) is 6.40. The summed E-state index contributed by atoms with van der Waals surface area (Å²) in [6.45, 7) is 2.12. The van der Waals surface area contributed by atoms with Crippen LogP contribution in [0, 0.1) is 5.82 Å². The van der Waals surface area contributed by atoms with Crippen molar-refractivity contribution in [2.75, 3.05) is 18.9 Å². The Kier molecular flexibility index (Phi) is 7.90. The van der Waals surface area contributed by atoms with E-state index >= 15 is 0 Å². The number of hydrogen-bond acceptors (Lipinski definition) is 5. The average molecular weight is 565 g/mol. The van der Waals surface area contributed by atoms with E-state index in [0.717, 1.165) is 12.1 Å². The van der Waals surface area contributed by atoms with Gasteiger partial charge in [0.1, 0.15) is 22.9 Å². The van der Waals surface area contributed by atoms with E-state index in [9.17, 15) is 35.5 Å². The fraction of sp³-hybridized carbons (Fsp3) is 0.480. The molecule has 2 heterocycles. The number of carbonyl (C=O) groups excluding carboxylic acids is 1. The van der Waals surface area contributed by atoms with Crippen LogP contribution in [0.25, 0.3) is 0 Å². The van der Waals surface area contributed by atoms with Crippen LogP contribution in [0.1, 0.15) is 31.7 Å². The summed E-state index contributed by atoms with van der Waals surface area (Å²) in [5.74, 6) is -1.95. The summed E-state index contributed by atoms with van der Waals surface area (Å²) < 4.78 is 104. The molecule has 2 aromatic carbocycles. The predicted molar refractivity (Wildman–Crippen MR) is 127 cm³/mol. The second-order valence-electron chi connectivity index (χ2n) is 9.60. The minimum Gasteiger partial charge on any atom is -0.473 e. The largest absolute Gasteiger partial charge is 0.573 e. The van der Waals surface area contributed by atoms with Gasteiger partial charge in [0.2, 0.25) is 0 Å². The molecule has 7 nitrogen and oxygen atoms in total. The van der Waals surface area contributed by atoms with Crippen LogP contribution in [-0.4, -0.2) is 55.4 Å². The van der Waals surface area contributed by atoms with Gasteiger partial charge in [-0.2, -0.15) is 13.2 Å². The fourth-order valence-electron chi connectivity index (χ4n) is 4.90. The van der Waals surface area contributed by atoms with Gasteiger partial charge in [-0.15, -0.1) is 13.2 Å². The lowest BCUT2D eigenvalue weighted by atomic mass is 9.77. The lowest BCUT2D eigenvalue weighted by Crippen LogP contribution is -2.64. The lowest BCUT2D eigenvalue weighted by Gasteiger charge is -2.52. The van der Waals surface area contributed by atoms with Gasteiger partial charge < -0.3 is 20.1 Å². The lowest BCUT2D eigenvalue weighted by molar-refractivity contribution is -0.274. The summed E-state index contributed by atoms with van der Waals surface area (Å²) in [7, 11) is 1.39. The Hall–Kier alpha value is -3.26. The molecule has 3 N–H and O–H groups in total. The van der Waals surface area contributed by atoms with Crippen LogP contribution in [0.3, 0.4) is 0 Å². The van der Waals surface area contributed by atoms with Gasteiger partial charge in [-0.25, -0.2) is 9.18 Å². The maximum atomic E-state index is 14.3. The number of nitrogens with zero attached hydrogens (tertiary/aromatic N) is 1. The molecule has 0 spiro atoms. The van der Waals surface area contributed by atoms with Gasteiger partial charge in [-0.05, 0) is 51.4 Å². The number of hydrogen-bond donors (Lipinski definition) is 3. The number of nitrogens with one attached hydrogen (secondary N) is 3. The summed E-state index contributed by atoms with van der Waals surface area (Å²) in [5, 5.41) is 7.97. The van der Waals surface area contributed by atoms with Gasteiger partial charge in [0, 0.05) is 24.2 Å². The number of urea groups is 1. The Balaban J connectivity index is 1.50. The van der Waals surface area contributed by atoms with Crippen LogP contribution in [0.2, 0.25) is 0 Å². The number of rotatable bonds is 6. The highest BCUT2D eigenvalue weighted by Crippen LogP contribution is 2.53.